The van der Waals surface area contributed by atoms with Crippen LogP contribution in [0.2, 0.25) is 0 Å². The summed E-state index contributed by atoms with van der Waals surface area (Å²) in [6, 6.07) is 14.5. The Balaban J connectivity index is 1.14. The van der Waals surface area contributed by atoms with Crippen molar-refractivity contribution in [2.45, 2.75) is 13.5 Å². The Kier molecular flexibility index (Phi) is 8.26. The highest BCUT2D eigenvalue weighted by molar-refractivity contribution is 5.92. The topological polar surface area (TPSA) is 59.1 Å². The largest absolute Gasteiger partial charge is 0.339 e. The molecule has 8 heteroatoms. The number of hydrogen-bond donors (Lipinski definition) is 1. The second kappa shape index (κ2) is 11.6. The molecule has 4 rings (SSSR count). The highest BCUT2D eigenvalue weighted by Gasteiger charge is 2.25. The minimum Gasteiger partial charge on any atom is -0.339 e. The summed E-state index contributed by atoms with van der Waals surface area (Å²) in [5, 5.41) is 2.74. The Bertz CT molecular complexity index is 985. The van der Waals surface area contributed by atoms with Crippen molar-refractivity contribution in [1.82, 2.24) is 19.6 Å². The molecule has 0 aromatic heterocycles. The number of aryl methyl sites for hydroxylation is 1. The number of nitrogens with zero attached hydrogens (tertiary/aromatic N) is 4. The van der Waals surface area contributed by atoms with Gasteiger partial charge in [-0.05, 0) is 30.7 Å². The zero-order chi connectivity index (χ0) is 23.9. The van der Waals surface area contributed by atoms with Gasteiger partial charge in [-0.25, -0.2) is 4.39 Å². The van der Waals surface area contributed by atoms with Crippen LogP contribution in [0.1, 0.15) is 11.1 Å². The third-order valence-corrected chi connectivity index (χ3v) is 6.51. The SMILES string of the molecule is Cc1cccc(CN2CCN(C(=O)CN3CCN(CC(=O)Nc4cccc(F)c4)CC3)CC2)c1. The van der Waals surface area contributed by atoms with Crippen LogP contribution in [0.3, 0.4) is 0 Å². The summed E-state index contributed by atoms with van der Waals surface area (Å²) in [4.78, 5) is 33.7. The number of halogens is 1. The van der Waals surface area contributed by atoms with Gasteiger partial charge < -0.3 is 10.2 Å². The van der Waals surface area contributed by atoms with Gasteiger partial charge in [0.15, 0.2) is 0 Å². The molecule has 0 saturated carbocycles. The molecule has 1 N–H and O–H groups in total. The van der Waals surface area contributed by atoms with Gasteiger partial charge in [0.1, 0.15) is 5.82 Å². The average molecular weight is 468 g/mol. The molecule has 0 unspecified atom stereocenters. The number of hydrogen-bond acceptors (Lipinski definition) is 5. The smallest absolute Gasteiger partial charge is 0.238 e. The first-order chi connectivity index (χ1) is 16.4. The molecule has 0 bridgehead atoms. The maximum Gasteiger partial charge on any atom is 0.238 e. The predicted octanol–water partition coefficient (Wildman–Crippen LogP) is 2.03. The number of carbonyl (C=O) groups is 2. The first-order valence-corrected chi connectivity index (χ1v) is 12.0. The molecule has 34 heavy (non-hydrogen) atoms. The quantitative estimate of drug-likeness (QED) is 0.676. The van der Waals surface area contributed by atoms with Crippen molar-refractivity contribution in [1.29, 1.82) is 0 Å². The molecule has 2 aliphatic heterocycles. The van der Waals surface area contributed by atoms with Gasteiger partial charge in [-0.1, -0.05) is 35.9 Å². The van der Waals surface area contributed by atoms with E-state index in [9.17, 15) is 14.0 Å². The molecule has 182 valence electrons. The Hall–Kier alpha value is -2.81. The summed E-state index contributed by atoms with van der Waals surface area (Å²) >= 11 is 0. The van der Waals surface area contributed by atoms with Crippen LogP contribution in [0.5, 0.6) is 0 Å². The number of anilines is 1. The number of amides is 2. The minimum atomic E-state index is -0.372. The molecular formula is C26H34FN5O2. The Labute approximate surface area is 201 Å². The molecule has 7 nitrogen and oxygen atoms in total. The molecule has 2 aromatic rings. The molecule has 2 aliphatic rings. The van der Waals surface area contributed by atoms with Gasteiger partial charge >= 0.3 is 0 Å². The first kappa shape index (κ1) is 24.3. The van der Waals surface area contributed by atoms with Crippen molar-refractivity contribution in [2.75, 3.05) is 70.8 Å². The highest BCUT2D eigenvalue weighted by atomic mass is 19.1. The summed E-state index contributed by atoms with van der Waals surface area (Å²) in [5.74, 6) is -0.338. The van der Waals surface area contributed by atoms with Gasteiger partial charge in [-0.2, -0.15) is 0 Å². The third kappa shape index (κ3) is 7.09. The van der Waals surface area contributed by atoms with Gasteiger partial charge in [0.05, 0.1) is 13.1 Å². The molecule has 2 heterocycles. The minimum absolute atomic E-state index is 0.154. The number of rotatable bonds is 7. The van der Waals surface area contributed by atoms with E-state index in [1.165, 1.54) is 23.3 Å². The summed E-state index contributed by atoms with van der Waals surface area (Å²) < 4.78 is 13.3. The highest BCUT2D eigenvalue weighted by Crippen LogP contribution is 2.12. The Morgan fingerprint density at radius 1 is 0.824 bits per heavy atom. The monoisotopic (exact) mass is 467 g/mol. The first-order valence-electron chi connectivity index (χ1n) is 12.0. The molecule has 0 radical (unpaired) electrons. The summed E-state index contributed by atoms with van der Waals surface area (Å²) in [6.45, 7) is 10.0. The van der Waals surface area contributed by atoms with Crippen LogP contribution in [-0.2, 0) is 16.1 Å². The second-order valence-corrected chi connectivity index (χ2v) is 9.26. The molecule has 0 atom stereocenters. The number of carbonyl (C=O) groups excluding carboxylic acids is 2. The molecule has 0 aliphatic carbocycles. The van der Waals surface area contributed by atoms with Crippen LogP contribution in [-0.4, -0.2) is 96.9 Å². The van der Waals surface area contributed by atoms with Gasteiger partial charge in [-0.3, -0.25) is 24.3 Å². The van der Waals surface area contributed by atoms with Gasteiger partial charge in [-0.15, -0.1) is 0 Å². The summed E-state index contributed by atoms with van der Waals surface area (Å²) in [5.41, 5.74) is 3.06. The van der Waals surface area contributed by atoms with E-state index in [-0.39, 0.29) is 24.2 Å². The zero-order valence-electron chi connectivity index (χ0n) is 19.9. The fourth-order valence-electron chi connectivity index (χ4n) is 4.59. The van der Waals surface area contributed by atoms with Crippen LogP contribution in [0.15, 0.2) is 48.5 Å². The standard InChI is InChI=1S/C26H34FN5O2/c1-21-4-2-5-22(16-21)18-29-12-14-32(15-13-29)26(34)20-31-10-8-30(9-11-31)19-25(33)28-24-7-3-6-23(27)17-24/h2-7,16-17H,8-15,18-20H2,1H3,(H,28,33). The summed E-state index contributed by atoms with van der Waals surface area (Å²) in [7, 11) is 0. The van der Waals surface area contributed by atoms with Gasteiger partial charge in [0, 0.05) is 64.6 Å². The van der Waals surface area contributed by atoms with Crippen molar-refractivity contribution in [3.63, 3.8) is 0 Å². The average Bonchev–Trinajstić information content (AvgIpc) is 2.81. The van der Waals surface area contributed by atoms with Gasteiger partial charge in [0.2, 0.25) is 11.8 Å². The van der Waals surface area contributed by atoms with E-state index in [4.69, 9.17) is 0 Å². The number of piperazine rings is 2. The maximum atomic E-state index is 13.3. The maximum absolute atomic E-state index is 13.3. The summed E-state index contributed by atoms with van der Waals surface area (Å²) in [6.07, 6.45) is 0. The fourth-order valence-corrected chi connectivity index (χ4v) is 4.59. The lowest BCUT2D eigenvalue weighted by Gasteiger charge is -2.38. The van der Waals surface area contributed by atoms with E-state index in [1.807, 2.05) is 4.90 Å². The molecule has 0 spiro atoms. The molecule has 2 saturated heterocycles. The van der Waals surface area contributed by atoms with Crippen LogP contribution in [0.25, 0.3) is 0 Å². The lowest BCUT2D eigenvalue weighted by molar-refractivity contribution is -0.135. The molecule has 2 amide bonds. The molecular weight excluding hydrogens is 433 g/mol. The molecule has 2 fully saturated rings. The van der Waals surface area contributed by atoms with Crippen molar-refractivity contribution < 1.29 is 14.0 Å². The van der Waals surface area contributed by atoms with Gasteiger partial charge in [0.25, 0.3) is 0 Å². The molecule has 2 aromatic carbocycles. The van der Waals surface area contributed by atoms with Crippen molar-refractivity contribution in [3.05, 3.63) is 65.5 Å². The Morgan fingerprint density at radius 2 is 1.47 bits per heavy atom. The number of benzene rings is 2. The fraction of sp³-hybridized carbons (Fsp3) is 0.462. The van der Waals surface area contributed by atoms with E-state index in [0.717, 1.165) is 58.9 Å². The lowest BCUT2D eigenvalue weighted by atomic mass is 10.1. The van der Waals surface area contributed by atoms with Crippen LogP contribution >= 0.6 is 0 Å². The van der Waals surface area contributed by atoms with E-state index < -0.39 is 0 Å². The van der Waals surface area contributed by atoms with E-state index in [0.29, 0.717) is 12.2 Å². The predicted molar refractivity (Wildman–Crippen MR) is 131 cm³/mol. The van der Waals surface area contributed by atoms with Crippen LogP contribution < -0.4 is 5.32 Å². The van der Waals surface area contributed by atoms with Crippen molar-refractivity contribution >= 4 is 17.5 Å². The zero-order valence-corrected chi connectivity index (χ0v) is 19.9. The van der Waals surface area contributed by atoms with Crippen LogP contribution in [0, 0.1) is 12.7 Å². The van der Waals surface area contributed by atoms with E-state index in [1.54, 1.807) is 12.1 Å². The second-order valence-electron chi connectivity index (χ2n) is 9.26. The lowest BCUT2D eigenvalue weighted by Crippen LogP contribution is -2.54. The van der Waals surface area contributed by atoms with Crippen molar-refractivity contribution in [2.24, 2.45) is 0 Å². The Morgan fingerprint density at radius 3 is 2.15 bits per heavy atom. The third-order valence-electron chi connectivity index (χ3n) is 6.51. The van der Waals surface area contributed by atoms with Crippen molar-refractivity contribution in [3.8, 4) is 0 Å². The number of nitrogens with one attached hydrogen (secondary N) is 1. The normalized spacial score (nSPS) is 18.1. The van der Waals surface area contributed by atoms with E-state index >= 15 is 0 Å². The van der Waals surface area contributed by atoms with E-state index in [2.05, 4.69) is 51.2 Å². The van der Waals surface area contributed by atoms with Crippen LogP contribution in [0.4, 0.5) is 10.1 Å².